The predicted molar refractivity (Wildman–Crippen MR) is 87.0 cm³/mol. The van der Waals surface area contributed by atoms with Crippen molar-refractivity contribution in [2.24, 2.45) is 11.3 Å². The average molecular weight is 274 g/mol. The summed E-state index contributed by atoms with van der Waals surface area (Å²) < 4.78 is 0. The molecule has 1 aromatic rings. The molecule has 1 fully saturated rings. The van der Waals surface area contributed by atoms with Gasteiger partial charge in [0.1, 0.15) is 0 Å². The Morgan fingerprint density at radius 1 is 1.35 bits per heavy atom. The van der Waals surface area contributed by atoms with Crippen molar-refractivity contribution in [2.45, 2.75) is 40.2 Å². The normalized spacial score (nSPS) is 22.1. The van der Waals surface area contributed by atoms with E-state index in [4.69, 9.17) is 0 Å². The van der Waals surface area contributed by atoms with E-state index in [-0.39, 0.29) is 0 Å². The number of benzene rings is 1. The van der Waals surface area contributed by atoms with Crippen LogP contribution in [-0.2, 0) is 0 Å². The van der Waals surface area contributed by atoms with E-state index >= 15 is 0 Å². The molecule has 112 valence electrons. The molecule has 0 saturated carbocycles. The third-order valence-corrected chi connectivity index (χ3v) is 4.73. The summed E-state index contributed by atoms with van der Waals surface area (Å²) in [5, 5.41) is 3.48. The number of nitrogens with one attached hydrogen (secondary N) is 1. The summed E-state index contributed by atoms with van der Waals surface area (Å²) in [4.78, 5) is 2.62. The third-order valence-electron chi connectivity index (χ3n) is 4.73. The summed E-state index contributed by atoms with van der Waals surface area (Å²) in [6.45, 7) is 12.9. The topological polar surface area (TPSA) is 15.3 Å². The molecule has 2 rings (SSSR count). The molecular formula is C18H30N2. The van der Waals surface area contributed by atoms with Gasteiger partial charge in [0, 0.05) is 19.1 Å². The van der Waals surface area contributed by atoms with Gasteiger partial charge in [-0.05, 0) is 43.8 Å². The van der Waals surface area contributed by atoms with Crippen molar-refractivity contribution in [3.63, 3.8) is 0 Å². The standard InChI is InChI=1S/C18H30N2/c1-14-7-6-8-15(11-14)17(19-5)13-20-10-9-16(12-20)18(2,3)4/h6-8,11,16-17,19H,9-10,12-13H2,1-5H3. The maximum absolute atomic E-state index is 3.48. The van der Waals surface area contributed by atoms with Gasteiger partial charge >= 0.3 is 0 Å². The summed E-state index contributed by atoms with van der Waals surface area (Å²) in [5.74, 6) is 0.831. The first-order chi connectivity index (χ1) is 9.40. The Morgan fingerprint density at radius 3 is 2.65 bits per heavy atom. The highest BCUT2D eigenvalue weighted by atomic mass is 15.2. The maximum Gasteiger partial charge on any atom is 0.0446 e. The minimum absolute atomic E-state index is 0.438. The third kappa shape index (κ3) is 3.83. The van der Waals surface area contributed by atoms with Crippen molar-refractivity contribution in [1.82, 2.24) is 10.2 Å². The second kappa shape index (κ2) is 6.28. The minimum atomic E-state index is 0.438. The molecular weight excluding hydrogens is 244 g/mol. The van der Waals surface area contributed by atoms with Gasteiger partial charge in [-0.3, -0.25) is 0 Å². The van der Waals surface area contributed by atoms with Gasteiger partial charge in [0.05, 0.1) is 0 Å². The van der Waals surface area contributed by atoms with E-state index in [1.54, 1.807) is 0 Å². The Hall–Kier alpha value is -0.860. The first kappa shape index (κ1) is 15.5. The van der Waals surface area contributed by atoms with Crippen LogP contribution in [0.5, 0.6) is 0 Å². The number of likely N-dealkylation sites (N-methyl/N-ethyl adjacent to an activating group) is 1. The second-order valence-electron chi connectivity index (χ2n) is 7.37. The molecule has 1 heterocycles. The molecule has 2 nitrogen and oxygen atoms in total. The maximum atomic E-state index is 3.48. The van der Waals surface area contributed by atoms with Crippen LogP contribution in [0.4, 0.5) is 0 Å². The summed E-state index contributed by atoms with van der Waals surface area (Å²) in [6.07, 6.45) is 1.34. The number of aryl methyl sites for hydroxylation is 1. The molecule has 1 aromatic carbocycles. The molecule has 0 spiro atoms. The fraction of sp³-hybridized carbons (Fsp3) is 0.667. The highest BCUT2D eigenvalue weighted by Gasteiger charge is 2.32. The van der Waals surface area contributed by atoms with E-state index in [9.17, 15) is 0 Å². The molecule has 0 bridgehead atoms. The van der Waals surface area contributed by atoms with Crippen LogP contribution in [0.1, 0.15) is 44.4 Å². The number of hydrogen-bond donors (Lipinski definition) is 1. The largest absolute Gasteiger partial charge is 0.312 e. The predicted octanol–water partition coefficient (Wildman–Crippen LogP) is 3.62. The van der Waals surface area contributed by atoms with Gasteiger partial charge in [0.15, 0.2) is 0 Å². The van der Waals surface area contributed by atoms with Crippen LogP contribution in [0.25, 0.3) is 0 Å². The lowest BCUT2D eigenvalue weighted by Crippen LogP contribution is -2.33. The molecule has 0 radical (unpaired) electrons. The summed E-state index contributed by atoms with van der Waals surface area (Å²) in [6, 6.07) is 9.32. The molecule has 2 heteroatoms. The van der Waals surface area contributed by atoms with E-state index in [2.05, 4.69) is 69.2 Å². The van der Waals surface area contributed by atoms with Crippen molar-refractivity contribution in [1.29, 1.82) is 0 Å². The first-order valence-electron chi connectivity index (χ1n) is 7.86. The lowest BCUT2D eigenvalue weighted by Gasteiger charge is -2.28. The Labute approximate surface area is 124 Å². The molecule has 1 aliphatic rings. The van der Waals surface area contributed by atoms with Crippen LogP contribution in [0, 0.1) is 18.3 Å². The van der Waals surface area contributed by atoms with Gasteiger partial charge in [0.25, 0.3) is 0 Å². The Balaban J connectivity index is 1.98. The lowest BCUT2D eigenvalue weighted by atomic mass is 9.80. The van der Waals surface area contributed by atoms with E-state index in [1.165, 1.54) is 30.6 Å². The zero-order valence-corrected chi connectivity index (χ0v) is 13.7. The molecule has 0 aliphatic carbocycles. The second-order valence-corrected chi connectivity index (χ2v) is 7.37. The van der Waals surface area contributed by atoms with Gasteiger partial charge in [0.2, 0.25) is 0 Å². The smallest absolute Gasteiger partial charge is 0.0446 e. The summed E-state index contributed by atoms with van der Waals surface area (Å²) in [7, 11) is 2.07. The SMILES string of the molecule is CNC(CN1CCC(C(C)(C)C)C1)c1cccc(C)c1. The van der Waals surface area contributed by atoms with Crippen molar-refractivity contribution >= 4 is 0 Å². The molecule has 0 amide bonds. The monoisotopic (exact) mass is 274 g/mol. The molecule has 20 heavy (non-hydrogen) atoms. The van der Waals surface area contributed by atoms with E-state index < -0.39 is 0 Å². The minimum Gasteiger partial charge on any atom is -0.312 e. The Kier molecular flexibility index (Phi) is 4.87. The molecule has 2 unspecified atom stereocenters. The summed E-state index contributed by atoms with van der Waals surface area (Å²) >= 11 is 0. The van der Waals surface area contributed by atoms with E-state index in [0.29, 0.717) is 11.5 Å². The van der Waals surface area contributed by atoms with Gasteiger partial charge < -0.3 is 10.2 Å². The van der Waals surface area contributed by atoms with Gasteiger partial charge in [-0.2, -0.15) is 0 Å². The Morgan fingerprint density at radius 2 is 2.10 bits per heavy atom. The zero-order chi connectivity index (χ0) is 14.8. The molecule has 1 N–H and O–H groups in total. The average Bonchev–Trinajstić information content (AvgIpc) is 2.84. The van der Waals surface area contributed by atoms with Crippen molar-refractivity contribution in [2.75, 3.05) is 26.7 Å². The van der Waals surface area contributed by atoms with Crippen molar-refractivity contribution in [3.05, 3.63) is 35.4 Å². The van der Waals surface area contributed by atoms with Crippen LogP contribution in [0.15, 0.2) is 24.3 Å². The van der Waals surface area contributed by atoms with Gasteiger partial charge in [-0.25, -0.2) is 0 Å². The van der Waals surface area contributed by atoms with E-state index in [1.807, 2.05) is 0 Å². The highest BCUT2D eigenvalue weighted by Crippen LogP contribution is 2.34. The fourth-order valence-electron chi connectivity index (χ4n) is 3.21. The fourth-order valence-corrected chi connectivity index (χ4v) is 3.21. The van der Waals surface area contributed by atoms with Crippen molar-refractivity contribution < 1.29 is 0 Å². The first-order valence-corrected chi connectivity index (χ1v) is 7.86. The van der Waals surface area contributed by atoms with Crippen LogP contribution in [0.3, 0.4) is 0 Å². The Bertz CT molecular complexity index is 433. The quantitative estimate of drug-likeness (QED) is 0.902. The number of hydrogen-bond acceptors (Lipinski definition) is 2. The molecule has 2 atom stereocenters. The van der Waals surface area contributed by atoms with E-state index in [0.717, 1.165) is 12.5 Å². The lowest BCUT2D eigenvalue weighted by molar-refractivity contribution is 0.221. The number of likely N-dealkylation sites (tertiary alicyclic amines) is 1. The van der Waals surface area contributed by atoms with Crippen molar-refractivity contribution in [3.8, 4) is 0 Å². The van der Waals surface area contributed by atoms with Gasteiger partial charge in [-0.1, -0.05) is 50.6 Å². The van der Waals surface area contributed by atoms with Crippen LogP contribution in [0.2, 0.25) is 0 Å². The van der Waals surface area contributed by atoms with Crippen LogP contribution >= 0.6 is 0 Å². The summed E-state index contributed by atoms with van der Waals surface area (Å²) in [5.41, 5.74) is 3.19. The molecule has 1 saturated heterocycles. The zero-order valence-electron chi connectivity index (χ0n) is 13.7. The molecule has 1 aliphatic heterocycles. The highest BCUT2D eigenvalue weighted by molar-refractivity contribution is 5.25. The van der Waals surface area contributed by atoms with Crippen LogP contribution < -0.4 is 5.32 Å². The van der Waals surface area contributed by atoms with Crippen LogP contribution in [-0.4, -0.2) is 31.6 Å². The van der Waals surface area contributed by atoms with Gasteiger partial charge in [-0.15, -0.1) is 0 Å². The number of nitrogens with zero attached hydrogens (tertiary/aromatic N) is 1. The molecule has 0 aromatic heterocycles. The number of rotatable bonds is 4.